The van der Waals surface area contributed by atoms with E-state index in [4.69, 9.17) is 4.74 Å². The first-order chi connectivity index (χ1) is 11.2. The molecule has 0 spiro atoms. The molecule has 2 rings (SSSR count). The van der Waals surface area contributed by atoms with Crippen molar-refractivity contribution in [1.82, 2.24) is 0 Å². The van der Waals surface area contributed by atoms with Gasteiger partial charge in [-0.05, 0) is 49.1 Å². The van der Waals surface area contributed by atoms with E-state index in [0.29, 0.717) is 23.4 Å². The highest BCUT2D eigenvalue weighted by molar-refractivity contribution is 7.99. The fourth-order valence-corrected chi connectivity index (χ4v) is 2.84. The molecule has 23 heavy (non-hydrogen) atoms. The van der Waals surface area contributed by atoms with Gasteiger partial charge in [0.2, 0.25) is 0 Å². The topological polar surface area (TPSA) is 55.4 Å². The summed E-state index contributed by atoms with van der Waals surface area (Å²) in [6.07, 6.45) is 0. The first kappa shape index (κ1) is 17.1. The van der Waals surface area contributed by atoms with Crippen molar-refractivity contribution < 1.29 is 14.3 Å². The smallest absolute Gasteiger partial charge is 0.338 e. The summed E-state index contributed by atoms with van der Waals surface area (Å²) < 4.78 is 4.93. The number of anilines is 1. The molecule has 0 saturated carbocycles. The summed E-state index contributed by atoms with van der Waals surface area (Å²) in [6, 6.07) is 14.2. The molecule has 0 aromatic heterocycles. The number of carbonyl (C=O) groups is 2. The molecule has 2 aromatic carbocycles. The summed E-state index contributed by atoms with van der Waals surface area (Å²) in [7, 11) is 0. The van der Waals surface area contributed by atoms with Crippen LogP contribution < -0.4 is 5.32 Å². The second-order valence-corrected chi connectivity index (χ2v) is 5.99. The number of hydrogen-bond donors (Lipinski definition) is 1. The Balaban J connectivity index is 2.10. The maximum atomic E-state index is 12.4. The lowest BCUT2D eigenvalue weighted by Gasteiger charge is -2.09. The summed E-state index contributed by atoms with van der Waals surface area (Å²) in [5.41, 5.74) is 1.75. The van der Waals surface area contributed by atoms with Gasteiger partial charge in [0.15, 0.2) is 0 Å². The van der Waals surface area contributed by atoms with Crippen LogP contribution in [0, 0.1) is 0 Å². The lowest BCUT2D eigenvalue weighted by Crippen LogP contribution is -2.13. The number of amides is 1. The third-order valence-corrected chi connectivity index (χ3v) is 4.04. The molecule has 0 bridgehead atoms. The van der Waals surface area contributed by atoms with Crippen molar-refractivity contribution in [2.75, 3.05) is 17.7 Å². The van der Waals surface area contributed by atoms with E-state index >= 15 is 0 Å². The van der Waals surface area contributed by atoms with E-state index in [-0.39, 0.29) is 11.9 Å². The third-order valence-electron chi connectivity index (χ3n) is 3.09. The zero-order valence-corrected chi connectivity index (χ0v) is 14.0. The van der Waals surface area contributed by atoms with Crippen LogP contribution in [0.3, 0.4) is 0 Å². The average molecular weight is 329 g/mol. The Labute approximate surface area is 140 Å². The maximum absolute atomic E-state index is 12.4. The van der Waals surface area contributed by atoms with Gasteiger partial charge >= 0.3 is 5.97 Å². The minimum atomic E-state index is -0.366. The zero-order chi connectivity index (χ0) is 16.7. The first-order valence-electron chi connectivity index (χ1n) is 7.46. The van der Waals surface area contributed by atoms with E-state index in [2.05, 4.69) is 5.32 Å². The SMILES string of the molecule is CCOC(=O)c1ccc(NC(=O)c2ccccc2SCC)cc1. The van der Waals surface area contributed by atoms with Crippen molar-refractivity contribution >= 4 is 29.3 Å². The van der Waals surface area contributed by atoms with Crippen molar-refractivity contribution in [1.29, 1.82) is 0 Å². The number of esters is 1. The molecule has 0 unspecified atom stereocenters. The Hall–Kier alpha value is -2.27. The van der Waals surface area contributed by atoms with Gasteiger partial charge in [0.1, 0.15) is 0 Å². The van der Waals surface area contributed by atoms with Gasteiger partial charge in [-0.3, -0.25) is 4.79 Å². The van der Waals surface area contributed by atoms with Crippen LogP contribution in [-0.2, 0) is 4.74 Å². The fraction of sp³-hybridized carbons (Fsp3) is 0.222. The third kappa shape index (κ3) is 4.60. The molecule has 0 aliphatic carbocycles. The van der Waals surface area contributed by atoms with Crippen LogP contribution in [0.4, 0.5) is 5.69 Å². The van der Waals surface area contributed by atoms with Gasteiger partial charge in [-0.2, -0.15) is 0 Å². The van der Waals surface area contributed by atoms with Crippen LogP contribution in [0.25, 0.3) is 0 Å². The fourth-order valence-electron chi connectivity index (χ4n) is 2.04. The van der Waals surface area contributed by atoms with Gasteiger partial charge in [-0.1, -0.05) is 19.1 Å². The quantitative estimate of drug-likeness (QED) is 0.636. The second-order valence-electron chi connectivity index (χ2n) is 4.68. The standard InChI is InChI=1S/C18H19NO3S/c1-3-22-18(21)13-9-11-14(12-10-13)19-17(20)15-7-5-6-8-16(15)23-4-2/h5-12H,3-4H2,1-2H3,(H,19,20). The predicted molar refractivity (Wildman–Crippen MR) is 93.2 cm³/mol. The Morgan fingerprint density at radius 2 is 1.74 bits per heavy atom. The molecule has 0 atom stereocenters. The van der Waals surface area contributed by atoms with Crippen LogP contribution in [-0.4, -0.2) is 24.2 Å². The van der Waals surface area contributed by atoms with Gasteiger partial charge in [-0.25, -0.2) is 4.79 Å². The van der Waals surface area contributed by atoms with E-state index in [1.165, 1.54) is 0 Å². The van der Waals surface area contributed by atoms with Crippen molar-refractivity contribution in [2.24, 2.45) is 0 Å². The van der Waals surface area contributed by atoms with Crippen LogP contribution in [0.1, 0.15) is 34.6 Å². The monoisotopic (exact) mass is 329 g/mol. The van der Waals surface area contributed by atoms with E-state index in [0.717, 1.165) is 10.6 Å². The number of hydrogen-bond acceptors (Lipinski definition) is 4. The van der Waals surface area contributed by atoms with Crippen LogP contribution in [0.5, 0.6) is 0 Å². The van der Waals surface area contributed by atoms with E-state index in [1.807, 2.05) is 25.1 Å². The maximum Gasteiger partial charge on any atom is 0.338 e. The van der Waals surface area contributed by atoms with Gasteiger partial charge in [0.05, 0.1) is 17.7 Å². The van der Waals surface area contributed by atoms with Crippen molar-refractivity contribution in [3.8, 4) is 0 Å². The molecule has 5 heteroatoms. The normalized spacial score (nSPS) is 10.2. The van der Waals surface area contributed by atoms with E-state index in [1.54, 1.807) is 49.0 Å². The van der Waals surface area contributed by atoms with E-state index < -0.39 is 0 Å². The number of ether oxygens (including phenoxy) is 1. The minimum Gasteiger partial charge on any atom is -0.462 e. The van der Waals surface area contributed by atoms with Crippen molar-refractivity contribution in [3.05, 3.63) is 59.7 Å². The van der Waals surface area contributed by atoms with Gasteiger partial charge in [-0.15, -0.1) is 11.8 Å². The summed E-state index contributed by atoms with van der Waals surface area (Å²) in [4.78, 5) is 25.0. The molecule has 0 fully saturated rings. The molecule has 1 N–H and O–H groups in total. The molecule has 0 aliphatic rings. The highest BCUT2D eigenvalue weighted by Gasteiger charge is 2.12. The second kappa shape index (κ2) is 8.39. The number of carbonyl (C=O) groups excluding carboxylic acids is 2. The van der Waals surface area contributed by atoms with E-state index in [9.17, 15) is 9.59 Å². The largest absolute Gasteiger partial charge is 0.462 e. The Morgan fingerprint density at radius 3 is 2.39 bits per heavy atom. The zero-order valence-electron chi connectivity index (χ0n) is 13.2. The molecule has 0 saturated heterocycles. The van der Waals surface area contributed by atoms with Crippen LogP contribution >= 0.6 is 11.8 Å². The van der Waals surface area contributed by atoms with Crippen LogP contribution in [0.2, 0.25) is 0 Å². The van der Waals surface area contributed by atoms with Gasteiger partial charge in [0.25, 0.3) is 5.91 Å². The Bertz CT molecular complexity index is 683. The summed E-state index contributed by atoms with van der Waals surface area (Å²) in [5, 5.41) is 2.85. The lowest BCUT2D eigenvalue weighted by molar-refractivity contribution is 0.0526. The highest BCUT2D eigenvalue weighted by Crippen LogP contribution is 2.23. The molecule has 2 aromatic rings. The number of benzene rings is 2. The number of thioether (sulfide) groups is 1. The summed E-state index contributed by atoms with van der Waals surface area (Å²) in [6.45, 7) is 4.15. The number of rotatable bonds is 6. The summed E-state index contributed by atoms with van der Waals surface area (Å²) >= 11 is 1.63. The van der Waals surface area contributed by atoms with Crippen LogP contribution in [0.15, 0.2) is 53.4 Å². The molecule has 120 valence electrons. The van der Waals surface area contributed by atoms with Gasteiger partial charge < -0.3 is 10.1 Å². The molecule has 0 aliphatic heterocycles. The predicted octanol–water partition coefficient (Wildman–Crippen LogP) is 4.23. The molecule has 1 amide bonds. The highest BCUT2D eigenvalue weighted by atomic mass is 32.2. The molecule has 0 heterocycles. The molecular weight excluding hydrogens is 310 g/mol. The minimum absolute atomic E-state index is 0.162. The first-order valence-corrected chi connectivity index (χ1v) is 8.44. The van der Waals surface area contributed by atoms with Crippen molar-refractivity contribution in [2.45, 2.75) is 18.7 Å². The number of nitrogens with one attached hydrogen (secondary N) is 1. The summed E-state index contributed by atoms with van der Waals surface area (Å²) in [5.74, 6) is 0.374. The lowest BCUT2D eigenvalue weighted by atomic mass is 10.2. The molecule has 4 nitrogen and oxygen atoms in total. The van der Waals surface area contributed by atoms with Gasteiger partial charge in [0, 0.05) is 10.6 Å². The molecule has 0 radical (unpaired) electrons. The molecular formula is C18H19NO3S. The average Bonchev–Trinajstić information content (AvgIpc) is 2.56. The van der Waals surface area contributed by atoms with Crippen molar-refractivity contribution in [3.63, 3.8) is 0 Å². The Kier molecular flexibility index (Phi) is 6.23. The Morgan fingerprint density at radius 1 is 1.04 bits per heavy atom.